The Morgan fingerprint density at radius 1 is 1.25 bits per heavy atom. The summed E-state index contributed by atoms with van der Waals surface area (Å²) in [7, 11) is -3.93. The van der Waals surface area contributed by atoms with Gasteiger partial charge in [0.15, 0.2) is 0 Å². The summed E-state index contributed by atoms with van der Waals surface area (Å²) in [6.45, 7) is 0.694. The number of halogens is 1. The SMILES string of the molecule is O=C(CN(c1ccc(F)cc1)S(=O)(=O)c1cccs1)NCCCn1ccnc1. The molecule has 10 heteroatoms. The summed E-state index contributed by atoms with van der Waals surface area (Å²) in [6.07, 6.45) is 5.86. The van der Waals surface area contributed by atoms with E-state index in [9.17, 15) is 17.6 Å². The molecule has 1 aromatic carbocycles. The Hall–Kier alpha value is -2.72. The van der Waals surface area contributed by atoms with Gasteiger partial charge in [0.05, 0.1) is 12.0 Å². The van der Waals surface area contributed by atoms with Gasteiger partial charge in [-0.05, 0) is 42.1 Å². The molecule has 1 amide bonds. The minimum atomic E-state index is -3.93. The van der Waals surface area contributed by atoms with Gasteiger partial charge in [0.2, 0.25) is 5.91 Å². The maximum atomic E-state index is 13.3. The number of benzene rings is 1. The van der Waals surface area contributed by atoms with E-state index in [1.54, 1.807) is 24.0 Å². The van der Waals surface area contributed by atoms with Crippen LogP contribution in [0.3, 0.4) is 0 Å². The van der Waals surface area contributed by atoms with Crippen LogP contribution in [0.15, 0.2) is 64.7 Å². The number of amides is 1. The highest BCUT2D eigenvalue weighted by atomic mass is 32.2. The molecule has 0 radical (unpaired) electrons. The fourth-order valence-electron chi connectivity index (χ4n) is 2.54. The highest BCUT2D eigenvalue weighted by molar-refractivity contribution is 7.94. The van der Waals surface area contributed by atoms with E-state index in [0.717, 1.165) is 27.8 Å². The van der Waals surface area contributed by atoms with Crippen molar-refractivity contribution in [3.63, 3.8) is 0 Å². The Kier molecular flexibility index (Phi) is 6.42. The van der Waals surface area contributed by atoms with Gasteiger partial charge in [0.25, 0.3) is 10.0 Å². The number of hydrogen-bond acceptors (Lipinski definition) is 5. The van der Waals surface area contributed by atoms with Crippen molar-refractivity contribution in [2.75, 3.05) is 17.4 Å². The van der Waals surface area contributed by atoms with Gasteiger partial charge in [-0.2, -0.15) is 0 Å². The van der Waals surface area contributed by atoms with Crippen molar-refractivity contribution in [1.29, 1.82) is 0 Å². The Morgan fingerprint density at radius 3 is 2.68 bits per heavy atom. The zero-order valence-electron chi connectivity index (χ0n) is 14.9. The number of sulfonamides is 1. The van der Waals surface area contributed by atoms with Gasteiger partial charge in [0.1, 0.15) is 16.6 Å². The van der Waals surface area contributed by atoms with Gasteiger partial charge in [-0.1, -0.05) is 6.07 Å². The van der Waals surface area contributed by atoms with Gasteiger partial charge >= 0.3 is 0 Å². The first-order valence-corrected chi connectivity index (χ1v) is 10.8. The van der Waals surface area contributed by atoms with Crippen LogP contribution < -0.4 is 9.62 Å². The van der Waals surface area contributed by atoms with E-state index in [4.69, 9.17) is 0 Å². The van der Waals surface area contributed by atoms with Crippen LogP contribution in [0.4, 0.5) is 10.1 Å². The Labute approximate surface area is 166 Å². The number of aryl methyl sites for hydroxylation is 1. The molecule has 0 aliphatic heterocycles. The zero-order chi connectivity index (χ0) is 20.0. The third-order valence-corrected chi connectivity index (χ3v) is 7.06. The largest absolute Gasteiger partial charge is 0.354 e. The average molecular weight is 423 g/mol. The minimum absolute atomic E-state index is 0.115. The maximum absolute atomic E-state index is 13.3. The standard InChI is InChI=1S/C18H19FN4O3S2/c19-15-4-6-16(7-5-15)23(28(25,26)18-3-1-12-27-18)13-17(24)21-8-2-10-22-11-9-20-14-22/h1,3-7,9,11-12,14H,2,8,10,13H2,(H,21,24). The van der Waals surface area contributed by atoms with Crippen molar-refractivity contribution in [1.82, 2.24) is 14.9 Å². The monoisotopic (exact) mass is 422 g/mol. The molecule has 2 heterocycles. The van der Waals surface area contributed by atoms with Crippen LogP contribution in [0, 0.1) is 5.82 Å². The van der Waals surface area contributed by atoms with Crippen LogP contribution in [0.2, 0.25) is 0 Å². The third kappa shape index (κ3) is 4.96. The van der Waals surface area contributed by atoms with Crippen LogP contribution in [0.5, 0.6) is 0 Å². The third-order valence-electron chi connectivity index (χ3n) is 3.92. The molecule has 0 bridgehead atoms. The summed E-state index contributed by atoms with van der Waals surface area (Å²) >= 11 is 1.06. The second kappa shape index (κ2) is 8.98. The van der Waals surface area contributed by atoms with E-state index >= 15 is 0 Å². The molecule has 2 aromatic heterocycles. The molecule has 3 aromatic rings. The lowest BCUT2D eigenvalue weighted by molar-refractivity contribution is -0.119. The molecule has 3 rings (SSSR count). The van der Waals surface area contributed by atoms with Crippen LogP contribution in [0.1, 0.15) is 6.42 Å². The van der Waals surface area contributed by atoms with Crippen LogP contribution in [0.25, 0.3) is 0 Å². The Bertz CT molecular complexity index is 988. The summed E-state index contributed by atoms with van der Waals surface area (Å²) in [4.78, 5) is 16.3. The molecule has 0 atom stereocenters. The van der Waals surface area contributed by atoms with Crippen molar-refractivity contribution < 1.29 is 17.6 Å². The van der Waals surface area contributed by atoms with Gasteiger partial charge < -0.3 is 9.88 Å². The van der Waals surface area contributed by atoms with E-state index in [-0.39, 0.29) is 9.90 Å². The van der Waals surface area contributed by atoms with Gasteiger partial charge in [-0.25, -0.2) is 17.8 Å². The number of aromatic nitrogens is 2. The molecule has 0 aliphatic rings. The number of nitrogens with zero attached hydrogens (tertiary/aromatic N) is 3. The number of anilines is 1. The molecule has 7 nitrogen and oxygen atoms in total. The molecule has 0 spiro atoms. The molecule has 1 N–H and O–H groups in total. The summed E-state index contributed by atoms with van der Waals surface area (Å²) in [5.74, 6) is -0.920. The van der Waals surface area contributed by atoms with E-state index in [2.05, 4.69) is 10.3 Å². The highest BCUT2D eigenvalue weighted by Crippen LogP contribution is 2.26. The number of carbonyl (C=O) groups excluding carboxylic acids is 1. The lowest BCUT2D eigenvalue weighted by Gasteiger charge is -2.23. The molecular formula is C18H19FN4O3S2. The first-order valence-electron chi connectivity index (χ1n) is 8.51. The predicted molar refractivity (Wildman–Crippen MR) is 105 cm³/mol. The van der Waals surface area contributed by atoms with E-state index in [0.29, 0.717) is 19.5 Å². The molecular weight excluding hydrogens is 403 g/mol. The summed E-state index contributed by atoms with van der Waals surface area (Å²) in [5.41, 5.74) is 0.225. The lowest BCUT2D eigenvalue weighted by Crippen LogP contribution is -2.41. The van der Waals surface area contributed by atoms with Gasteiger partial charge in [0, 0.05) is 25.5 Å². The Morgan fingerprint density at radius 2 is 2.04 bits per heavy atom. The quantitative estimate of drug-likeness (QED) is 0.537. The van der Waals surface area contributed by atoms with Crippen molar-refractivity contribution >= 4 is 33.0 Å². The number of hydrogen-bond donors (Lipinski definition) is 1. The zero-order valence-corrected chi connectivity index (χ0v) is 16.5. The van der Waals surface area contributed by atoms with Crippen LogP contribution in [-0.2, 0) is 21.4 Å². The molecule has 0 unspecified atom stereocenters. The first kappa shape index (κ1) is 20.0. The number of nitrogens with one attached hydrogen (secondary N) is 1. The first-order chi connectivity index (χ1) is 13.5. The molecule has 148 valence electrons. The van der Waals surface area contributed by atoms with E-state index in [1.165, 1.54) is 18.2 Å². The van der Waals surface area contributed by atoms with Crippen molar-refractivity contribution in [2.24, 2.45) is 0 Å². The summed E-state index contributed by atoms with van der Waals surface area (Å²) in [6, 6.07) is 8.10. The molecule has 0 saturated heterocycles. The lowest BCUT2D eigenvalue weighted by atomic mass is 10.3. The minimum Gasteiger partial charge on any atom is -0.354 e. The van der Waals surface area contributed by atoms with Crippen molar-refractivity contribution in [2.45, 2.75) is 17.2 Å². The highest BCUT2D eigenvalue weighted by Gasteiger charge is 2.28. The van der Waals surface area contributed by atoms with Gasteiger partial charge in [-0.3, -0.25) is 9.10 Å². The number of thiophene rings is 1. The second-order valence-electron chi connectivity index (χ2n) is 5.92. The molecule has 0 fully saturated rings. The van der Waals surface area contributed by atoms with Gasteiger partial charge in [-0.15, -0.1) is 11.3 Å². The average Bonchev–Trinajstić information content (AvgIpc) is 3.38. The van der Waals surface area contributed by atoms with Crippen molar-refractivity contribution in [3.05, 3.63) is 66.3 Å². The fraction of sp³-hybridized carbons (Fsp3) is 0.222. The predicted octanol–water partition coefficient (Wildman–Crippen LogP) is 2.49. The summed E-state index contributed by atoms with van der Waals surface area (Å²) < 4.78 is 42.1. The summed E-state index contributed by atoms with van der Waals surface area (Å²) in [5, 5.41) is 4.37. The maximum Gasteiger partial charge on any atom is 0.274 e. The van der Waals surface area contributed by atoms with Crippen molar-refractivity contribution in [3.8, 4) is 0 Å². The molecule has 28 heavy (non-hydrogen) atoms. The molecule has 0 aliphatic carbocycles. The topological polar surface area (TPSA) is 84.3 Å². The van der Waals surface area contributed by atoms with Crippen LogP contribution >= 0.6 is 11.3 Å². The van der Waals surface area contributed by atoms with E-state index < -0.39 is 28.3 Å². The fourth-order valence-corrected chi connectivity index (χ4v) is 5.06. The second-order valence-corrected chi connectivity index (χ2v) is 8.96. The van der Waals surface area contributed by atoms with Crippen LogP contribution in [-0.4, -0.2) is 37.0 Å². The Balaban J connectivity index is 1.68. The van der Waals surface area contributed by atoms with E-state index in [1.807, 2.05) is 10.8 Å². The number of carbonyl (C=O) groups is 1. The normalized spacial score (nSPS) is 11.3. The smallest absolute Gasteiger partial charge is 0.274 e. The molecule has 0 saturated carbocycles. The number of imidazole rings is 1. The number of rotatable bonds is 9.